The Kier molecular flexibility index (Phi) is 3.87. The van der Waals surface area contributed by atoms with Crippen LogP contribution in [0.25, 0.3) is 0 Å². The molecule has 20 heavy (non-hydrogen) atoms. The topological polar surface area (TPSA) is 89.3 Å². The first-order valence-electron chi connectivity index (χ1n) is 5.87. The summed E-state index contributed by atoms with van der Waals surface area (Å²) in [5.74, 6) is -0.389. The van der Waals surface area contributed by atoms with Crippen LogP contribution in [0.15, 0.2) is 53.4 Å². The van der Waals surface area contributed by atoms with Crippen molar-refractivity contribution in [2.24, 2.45) is 5.14 Å². The molecule has 5 nitrogen and oxygen atoms in total. The van der Waals surface area contributed by atoms with E-state index in [1.165, 1.54) is 24.3 Å². The number of rotatable bonds is 3. The summed E-state index contributed by atoms with van der Waals surface area (Å²) in [5.41, 5.74) is 1.96. The molecule has 0 saturated heterocycles. The van der Waals surface area contributed by atoms with Gasteiger partial charge in [-0.3, -0.25) is 4.79 Å². The second-order valence-electron chi connectivity index (χ2n) is 4.39. The van der Waals surface area contributed by atoms with Crippen LogP contribution in [0.3, 0.4) is 0 Å². The molecule has 2 aromatic rings. The monoisotopic (exact) mass is 290 g/mol. The van der Waals surface area contributed by atoms with Gasteiger partial charge in [0.05, 0.1) is 4.90 Å². The first kappa shape index (κ1) is 14.2. The molecule has 0 bridgehead atoms. The summed E-state index contributed by atoms with van der Waals surface area (Å²) in [7, 11) is -3.82. The van der Waals surface area contributed by atoms with Gasteiger partial charge in [0.15, 0.2) is 0 Å². The second kappa shape index (κ2) is 5.44. The summed E-state index contributed by atoms with van der Waals surface area (Å²) in [5, 5.41) is 7.73. The third-order valence-corrected chi connectivity index (χ3v) is 3.65. The van der Waals surface area contributed by atoms with Crippen LogP contribution in [-0.4, -0.2) is 14.3 Å². The Bertz CT molecular complexity index is 737. The van der Waals surface area contributed by atoms with Gasteiger partial charge in [-0.25, -0.2) is 13.6 Å². The highest BCUT2D eigenvalue weighted by atomic mass is 32.2. The van der Waals surface area contributed by atoms with Crippen molar-refractivity contribution in [2.75, 3.05) is 5.32 Å². The van der Waals surface area contributed by atoms with E-state index in [4.69, 9.17) is 5.14 Å². The number of aryl methyl sites for hydroxylation is 1. The lowest BCUT2D eigenvalue weighted by Gasteiger charge is -2.06. The highest BCUT2D eigenvalue weighted by molar-refractivity contribution is 7.89. The zero-order valence-corrected chi connectivity index (χ0v) is 11.6. The Hall–Kier alpha value is -2.18. The van der Waals surface area contributed by atoms with Gasteiger partial charge in [0.25, 0.3) is 5.91 Å². The van der Waals surface area contributed by atoms with Crippen molar-refractivity contribution in [1.82, 2.24) is 0 Å². The maximum atomic E-state index is 12.0. The molecule has 3 N–H and O–H groups in total. The lowest BCUT2D eigenvalue weighted by molar-refractivity contribution is 0.102. The van der Waals surface area contributed by atoms with E-state index in [0.29, 0.717) is 5.69 Å². The molecular formula is C14H14N2O3S. The number of amides is 1. The molecule has 0 saturated carbocycles. The van der Waals surface area contributed by atoms with Crippen LogP contribution in [0.4, 0.5) is 5.69 Å². The minimum Gasteiger partial charge on any atom is -0.322 e. The van der Waals surface area contributed by atoms with Crippen LogP contribution < -0.4 is 10.5 Å². The molecule has 0 aromatic heterocycles. The average molecular weight is 290 g/mol. The van der Waals surface area contributed by atoms with Gasteiger partial charge in [-0.1, -0.05) is 23.8 Å². The van der Waals surface area contributed by atoms with Crippen molar-refractivity contribution in [3.05, 3.63) is 59.7 Å². The molecule has 0 aliphatic carbocycles. The molecule has 0 spiro atoms. The van der Waals surface area contributed by atoms with Gasteiger partial charge in [0, 0.05) is 11.3 Å². The van der Waals surface area contributed by atoms with E-state index in [1.807, 2.05) is 19.1 Å². The fraction of sp³-hybridized carbons (Fsp3) is 0.0714. The van der Waals surface area contributed by atoms with Gasteiger partial charge in [-0.15, -0.1) is 0 Å². The quantitative estimate of drug-likeness (QED) is 0.904. The molecule has 0 fully saturated rings. The summed E-state index contributed by atoms with van der Waals surface area (Å²) in [6, 6.07) is 12.9. The molecule has 0 aliphatic heterocycles. The highest BCUT2D eigenvalue weighted by Crippen LogP contribution is 2.13. The zero-order chi connectivity index (χ0) is 14.8. The van der Waals surface area contributed by atoms with Crippen molar-refractivity contribution in [3.8, 4) is 0 Å². The maximum Gasteiger partial charge on any atom is 0.255 e. The van der Waals surface area contributed by atoms with E-state index in [2.05, 4.69) is 5.32 Å². The number of anilines is 1. The van der Waals surface area contributed by atoms with Crippen LogP contribution in [0, 0.1) is 6.92 Å². The predicted molar refractivity (Wildman–Crippen MR) is 76.9 cm³/mol. The van der Waals surface area contributed by atoms with E-state index in [1.54, 1.807) is 12.1 Å². The van der Waals surface area contributed by atoms with Gasteiger partial charge in [-0.2, -0.15) is 0 Å². The molecule has 6 heteroatoms. The number of sulfonamides is 1. The summed E-state index contributed by atoms with van der Waals surface area (Å²) in [4.78, 5) is 11.9. The van der Waals surface area contributed by atoms with Gasteiger partial charge < -0.3 is 5.32 Å². The molecule has 2 rings (SSSR count). The predicted octanol–water partition coefficient (Wildman–Crippen LogP) is 1.89. The van der Waals surface area contributed by atoms with Gasteiger partial charge in [-0.05, 0) is 37.3 Å². The van der Waals surface area contributed by atoms with E-state index in [9.17, 15) is 13.2 Å². The lowest BCUT2D eigenvalue weighted by atomic mass is 10.2. The largest absolute Gasteiger partial charge is 0.322 e. The number of primary sulfonamides is 1. The summed E-state index contributed by atoms with van der Waals surface area (Å²) < 4.78 is 22.5. The minimum atomic E-state index is -3.82. The fourth-order valence-electron chi connectivity index (χ4n) is 1.65. The van der Waals surface area contributed by atoms with Gasteiger partial charge >= 0.3 is 0 Å². The fourth-order valence-corrected chi connectivity index (χ4v) is 2.21. The Morgan fingerprint density at radius 3 is 2.35 bits per heavy atom. The van der Waals surface area contributed by atoms with E-state index >= 15 is 0 Å². The zero-order valence-electron chi connectivity index (χ0n) is 10.8. The number of nitrogens with two attached hydrogens (primary N) is 1. The van der Waals surface area contributed by atoms with Crippen molar-refractivity contribution in [3.63, 3.8) is 0 Å². The Morgan fingerprint density at radius 1 is 1.10 bits per heavy atom. The van der Waals surface area contributed by atoms with Gasteiger partial charge in [0.2, 0.25) is 10.0 Å². The molecular weight excluding hydrogens is 276 g/mol. The molecule has 0 unspecified atom stereocenters. The molecule has 1 amide bonds. The number of nitrogens with one attached hydrogen (secondary N) is 1. The smallest absolute Gasteiger partial charge is 0.255 e. The summed E-state index contributed by atoms with van der Waals surface area (Å²) >= 11 is 0. The molecule has 0 heterocycles. The molecule has 0 radical (unpaired) electrons. The molecule has 0 atom stereocenters. The van der Waals surface area contributed by atoms with Crippen LogP contribution in [0.2, 0.25) is 0 Å². The third-order valence-electron chi connectivity index (χ3n) is 2.73. The lowest BCUT2D eigenvalue weighted by Crippen LogP contribution is -2.15. The van der Waals surface area contributed by atoms with Crippen LogP contribution >= 0.6 is 0 Å². The number of carbonyl (C=O) groups excluding carboxylic acids is 1. The molecule has 0 aliphatic rings. The normalized spacial score (nSPS) is 11.1. The standard InChI is InChI=1S/C14H14N2O3S/c1-10-5-7-12(8-6-10)16-14(17)11-3-2-4-13(9-11)20(15,18)19/h2-9H,1H3,(H,16,17)(H2,15,18,19). The second-order valence-corrected chi connectivity index (χ2v) is 5.95. The Balaban J connectivity index is 2.23. The van der Waals surface area contributed by atoms with E-state index in [0.717, 1.165) is 5.56 Å². The van der Waals surface area contributed by atoms with E-state index < -0.39 is 10.0 Å². The first-order valence-corrected chi connectivity index (χ1v) is 7.42. The van der Waals surface area contributed by atoms with Crippen molar-refractivity contribution >= 4 is 21.6 Å². The Morgan fingerprint density at radius 2 is 1.75 bits per heavy atom. The van der Waals surface area contributed by atoms with Crippen molar-refractivity contribution < 1.29 is 13.2 Å². The van der Waals surface area contributed by atoms with Gasteiger partial charge in [0.1, 0.15) is 0 Å². The Labute approximate surface area is 117 Å². The van der Waals surface area contributed by atoms with Crippen molar-refractivity contribution in [2.45, 2.75) is 11.8 Å². The average Bonchev–Trinajstić information content (AvgIpc) is 2.40. The summed E-state index contributed by atoms with van der Waals surface area (Å²) in [6.07, 6.45) is 0. The number of hydrogen-bond acceptors (Lipinski definition) is 3. The minimum absolute atomic E-state index is 0.0888. The molecule has 2 aromatic carbocycles. The number of benzene rings is 2. The number of hydrogen-bond donors (Lipinski definition) is 2. The third kappa shape index (κ3) is 3.43. The molecule has 104 valence electrons. The van der Waals surface area contributed by atoms with Crippen molar-refractivity contribution in [1.29, 1.82) is 0 Å². The SMILES string of the molecule is Cc1ccc(NC(=O)c2cccc(S(N)(=O)=O)c2)cc1. The van der Waals surface area contributed by atoms with Crippen LogP contribution in [-0.2, 0) is 10.0 Å². The summed E-state index contributed by atoms with van der Waals surface area (Å²) in [6.45, 7) is 1.95. The van der Waals surface area contributed by atoms with E-state index in [-0.39, 0.29) is 16.4 Å². The highest BCUT2D eigenvalue weighted by Gasteiger charge is 2.12. The first-order chi connectivity index (χ1) is 9.36. The van der Waals surface area contributed by atoms with Crippen LogP contribution in [0.5, 0.6) is 0 Å². The number of carbonyl (C=O) groups is 1. The maximum absolute atomic E-state index is 12.0. The van der Waals surface area contributed by atoms with Crippen LogP contribution in [0.1, 0.15) is 15.9 Å².